The van der Waals surface area contributed by atoms with Gasteiger partial charge in [0.15, 0.2) is 0 Å². The van der Waals surface area contributed by atoms with E-state index in [9.17, 15) is 13.2 Å². The van der Waals surface area contributed by atoms with Crippen LogP contribution >= 0.6 is 0 Å². The lowest BCUT2D eigenvalue weighted by Gasteiger charge is -2.33. The van der Waals surface area contributed by atoms with E-state index in [0.29, 0.717) is 31.8 Å². The number of hydrogen-bond donors (Lipinski definition) is 0. The van der Waals surface area contributed by atoms with Gasteiger partial charge in [0.1, 0.15) is 0 Å². The Hall–Kier alpha value is -0.620. The van der Waals surface area contributed by atoms with E-state index in [0.717, 1.165) is 25.9 Å². The molecule has 1 atom stereocenters. The van der Waals surface area contributed by atoms with Crippen molar-refractivity contribution in [1.82, 2.24) is 9.21 Å². The fraction of sp³-hybridized carbons (Fsp3) is 0.933. The van der Waals surface area contributed by atoms with Gasteiger partial charge < -0.3 is 4.90 Å². The van der Waals surface area contributed by atoms with Crippen molar-refractivity contribution in [2.45, 2.75) is 46.0 Å². The second kappa shape index (κ2) is 7.09. The highest BCUT2D eigenvalue weighted by Gasteiger charge is 2.32. The van der Waals surface area contributed by atoms with Crippen LogP contribution in [-0.4, -0.2) is 55.5 Å². The predicted molar refractivity (Wildman–Crippen MR) is 83.4 cm³/mol. The maximum absolute atomic E-state index is 12.6. The van der Waals surface area contributed by atoms with Gasteiger partial charge in [-0.3, -0.25) is 4.79 Å². The van der Waals surface area contributed by atoms with Gasteiger partial charge in [-0.2, -0.15) is 0 Å². The van der Waals surface area contributed by atoms with Crippen LogP contribution < -0.4 is 0 Å². The number of piperidine rings is 1. The molecule has 0 spiro atoms. The first kappa shape index (κ1) is 16.7. The third kappa shape index (κ3) is 4.19. The van der Waals surface area contributed by atoms with Crippen molar-refractivity contribution in [3.05, 3.63) is 0 Å². The molecule has 0 saturated carbocycles. The molecule has 2 saturated heterocycles. The predicted octanol–water partition coefficient (Wildman–Crippen LogP) is 1.70. The van der Waals surface area contributed by atoms with Gasteiger partial charge in [-0.15, -0.1) is 0 Å². The number of carbonyl (C=O) groups excluding carboxylic acids is 1. The molecule has 6 heteroatoms. The Balaban J connectivity index is 1.88. The molecule has 0 bridgehead atoms. The number of nitrogens with zero attached hydrogens (tertiary/aromatic N) is 2. The normalized spacial score (nSPS) is 26.6. The molecule has 2 heterocycles. The van der Waals surface area contributed by atoms with E-state index >= 15 is 0 Å². The number of carbonyl (C=O) groups is 1. The second-order valence-electron chi connectivity index (χ2n) is 6.44. The molecular weight excluding hydrogens is 288 g/mol. The molecule has 0 aromatic carbocycles. The Morgan fingerprint density at radius 3 is 2.33 bits per heavy atom. The Morgan fingerprint density at radius 1 is 1.05 bits per heavy atom. The minimum Gasteiger partial charge on any atom is -0.342 e. The summed E-state index contributed by atoms with van der Waals surface area (Å²) in [7, 11) is -3.10. The van der Waals surface area contributed by atoms with Crippen LogP contribution in [0.4, 0.5) is 0 Å². The van der Waals surface area contributed by atoms with E-state index in [1.165, 1.54) is 6.42 Å². The zero-order chi connectivity index (χ0) is 15.5. The Bertz CT molecular complexity index is 456. The highest BCUT2D eigenvalue weighted by molar-refractivity contribution is 7.89. The van der Waals surface area contributed by atoms with Crippen LogP contribution in [0.5, 0.6) is 0 Å². The first-order chi connectivity index (χ1) is 9.94. The highest BCUT2D eigenvalue weighted by Crippen LogP contribution is 2.24. The number of amides is 1. The van der Waals surface area contributed by atoms with Crippen molar-refractivity contribution in [3.8, 4) is 0 Å². The molecule has 0 aromatic rings. The average Bonchev–Trinajstić information content (AvgIpc) is 2.71. The van der Waals surface area contributed by atoms with E-state index in [2.05, 4.69) is 6.92 Å². The van der Waals surface area contributed by atoms with E-state index in [4.69, 9.17) is 0 Å². The van der Waals surface area contributed by atoms with E-state index in [-0.39, 0.29) is 17.6 Å². The van der Waals surface area contributed by atoms with Crippen LogP contribution in [0.2, 0.25) is 0 Å². The monoisotopic (exact) mass is 316 g/mol. The van der Waals surface area contributed by atoms with E-state index in [1.807, 2.05) is 4.90 Å². The molecule has 1 amide bonds. The topological polar surface area (TPSA) is 57.7 Å². The summed E-state index contributed by atoms with van der Waals surface area (Å²) in [6, 6.07) is 0. The summed E-state index contributed by atoms with van der Waals surface area (Å²) in [5, 5.41) is 0. The highest BCUT2D eigenvalue weighted by atomic mass is 32.2. The third-order valence-electron chi connectivity index (χ3n) is 4.89. The average molecular weight is 316 g/mol. The first-order valence-corrected chi connectivity index (χ1v) is 9.81. The Kier molecular flexibility index (Phi) is 5.66. The molecule has 2 rings (SSSR count). The molecular formula is C15H28N2O3S. The summed E-state index contributed by atoms with van der Waals surface area (Å²) in [5.74, 6) is 1.12. The quantitative estimate of drug-likeness (QED) is 0.796. The number of likely N-dealkylation sites (tertiary alicyclic amines) is 1. The molecule has 122 valence electrons. The molecule has 0 aromatic heterocycles. The summed E-state index contributed by atoms with van der Waals surface area (Å²) < 4.78 is 25.2. The van der Waals surface area contributed by atoms with Gasteiger partial charge >= 0.3 is 0 Å². The minimum absolute atomic E-state index is 0.0155. The van der Waals surface area contributed by atoms with Gasteiger partial charge in [-0.25, -0.2) is 12.7 Å². The summed E-state index contributed by atoms with van der Waals surface area (Å²) in [5.41, 5.74) is 0. The Morgan fingerprint density at radius 2 is 1.71 bits per heavy atom. The maximum Gasteiger partial charge on any atom is 0.225 e. The molecule has 2 aliphatic heterocycles. The summed E-state index contributed by atoms with van der Waals surface area (Å²) in [4.78, 5) is 14.6. The van der Waals surface area contributed by atoms with Crippen molar-refractivity contribution in [2.24, 2.45) is 11.8 Å². The lowest BCUT2D eigenvalue weighted by Crippen LogP contribution is -2.45. The zero-order valence-corrected chi connectivity index (χ0v) is 14.1. The number of rotatable bonds is 3. The van der Waals surface area contributed by atoms with E-state index < -0.39 is 10.0 Å². The molecule has 0 radical (unpaired) electrons. The zero-order valence-electron chi connectivity index (χ0n) is 13.3. The van der Waals surface area contributed by atoms with Crippen LogP contribution in [-0.2, 0) is 14.8 Å². The summed E-state index contributed by atoms with van der Waals surface area (Å²) in [6.07, 6.45) is 4.73. The van der Waals surface area contributed by atoms with Crippen LogP contribution in [0.3, 0.4) is 0 Å². The van der Waals surface area contributed by atoms with Gasteiger partial charge in [0.05, 0.1) is 5.75 Å². The van der Waals surface area contributed by atoms with Crippen LogP contribution in [0, 0.1) is 11.8 Å². The van der Waals surface area contributed by atoms with Crippen LogP contribution in [0.1, 0.15) is 46.0 Å². The number of hydrogen-bond acceptors (Lipinski definition) is 3. The molecule has 2 fully saturated rings. The molecule has 5 nitrogen and oxygen atoms in total. The molecule has 0 N–H and O–H groups in total. The lowest BCUT2D eigenvalue weighted by atomic mass is 9.96. The van der Waals surface area contributed by atoms with Crippen molar-refractivity contribution in [1.29, 1.82) is 0 Å². The van der Waals surface area contributed by atoms with Crippen molar-refractivity contribution >= 4 is 15.9 Å². The van der Waals surface area contributed by atoms with Gasteiger partial charge in [0.2, 0.25) is 15.9 Å². The smallest absolute Gasteiger partial charge is 0.225 e. The second-order valence-corrected chi connectivity index (χ2v) is 8.69. The molecule has 2 aliphatic rings. The molecule has 1 unspecified atom stereocenters. The Labute approximate surface area is 128 Å². The fourth-order valence-electron chi connectivity index (χ4n) is 3.31. The van der Waals surface area contributed by atoms with Gasteiger partial charge in [0.25, 0.3) is 0 Å². The van der Waals surface area contributed by atoms with Crippen molar-refractivity contribution in [3.63, 3.8) is 0 Å². The van der Waals surface area contributed by atoms with Gasteiger partial charge in [-0.1, -0.05) is 6.92 Å². The van der Waals surface area contributed by atoms with Gasteiger partial charge in [0, 0.05) is 32.1 Å². The minimum atomic E-state index is -3.10. The van der Waals surface area contributed by atoms with Crippen LogP contribution in [0.25, 0.3) is 0 Å². The summed E-state index contributed by atoms with van der Waals surface area (Å²) >= 11 is 0. The fourth-order valence-corrected chi connectivity index (χ4v) is 4.44. The SMILES string of the molecule is CCS(=O)(=O)N1CCC(C(=O)N2CCCC(C)CC2)CC1. The van der Waals surface area contributed by atoms with Crippen LogP contribution in [0.15, 0.2) is 0 Å². The summed E-state index contributed by atoms with van der Waals surface area (Å²) in [6.45, 7) is 6.66. The maximum atomic E-state index is 12.6. The lowest BCUT2D eigenvalue weighted by molar-refractivity contribution is -0.136. The van der Waals surface area contributed by atoms with E-state index in [1.54, 1.807) is 11.2 Å². The largest absolute Gasteiger partial charge is 0.342 e. The molecule has 21 heavy (non-hydrogen) atoms. The van der Waals surface area contributed by atoms with Crippen molar-refractivity contribution in [2.75, 3.05) is 31.9 Å². The first-order valence-electron chi connectivity index (χ1n) is 8.20. The molecule has 0 aliphatic carbocycles. The number of sulfonamides is 1. The van der Waals surface area contributed by atoms with Crippen molar-refractivity contribution < 1.29 is 13.2 Å². The standard InChI is InChI=1S/C15H28N2O3S/c1-3-21(19,20)17-11-7-14(8-12-17)15(18)16-9-4-5-13(2)6-10-16/h13-14H,3-12H2,1-2H3. The van der Waals surface area contributed by atoms with Gasteiger partial charge in [-0.05, 0) is 44.9 Å². The third-order valence-corrected chi connectivity index (χ3v) is 6.77.